The van der Waals surface area contributed by atoms with E-state index in [1.807, 2.05) is 13.8 Å². The molecule has 1 fully saturated rings. The summed E-state index contributed by atoms with van der Waals surface area (Å²) in [5, 5.41) is 0. The van der Waals surface area contributed by atoms with Gasteiger partial charge in [0.25, 0.3) is 0 Å². The minimum Gasteiger partial charge on any atom is -0.496 e. The Bertz CT molecular complexity index is 595. The van der Waals surface area contributed by atoms with Crippen molar-refractivity contribution in [1.29, 1.82) is 0 Å². The van der Waals surface area contributed by atoms with Crippen LogP contribution in [0.4, 0.5) is 0 Å². The summed E-state index contributed by atoms with van der Waals surface area (Å²) < 4.78 is 32.4. The number of sulfonamides is 1. The quantitative estimate of drug-likeness (QED) is 0.862. The number of nitrogens with zero attached hydrogens (tertiary/aromatic N) is 1. The highest BCUT2D eigenvalue weighted by atomic mass is 32.2. The average Bonchev–Trinajstić information content (AvgIpc) is 2.40. The van der Waals surface area contributed by atoms with Crippen molar-refractivity contribution in [3.8, 4) is 5.75 Å². The summed E-state index contributed by atoms with van der Waals surface area (Å²) >= 11 is 0. The number of hydrogen-bond acceptors (Lipinski definition) is 3. The van der Waals surface area contributed by atoms with Gasteiger partial charge in [0.15, 0.2) is 0 Å². The Hall–Kier alpha value is -1.07. The van der Waals surface area contributed by atoms with Crippen LogP contribution in [0.1, 0.15) is 30.9 Å². The fourth-order valence-electron chi connectivity index (χ4n) is 2.76. The van der Waals surface area contributed by atoms with Gasteiger partial charge >= 0.3 is 0 Å². The van der Waals surface area contributed by atoms with Crippen molar-refractivity contribution in [3.05, 3.63) is 23.3 Å². The first kappa shape index (κ1) is 15.3. The van der Waals surface area contributed by atoms with Gasteiger partial charge in [0.1, 0.15) is 5.75 Å². The second kappa shape index (κ2) is 5.74. The van der Waals surface area contributed by atoms with Gasteiger partial charge in [-0.25, -0.2) is 8.42 Å². The molecule has 0 radical (unpaired) electrons. The zero-order valence-corrected chi connectivity index (χ0v) is 13.5. The van der Waals surface area contributed by atoms with E-state index in [1.54, 1.807) is 23.5 Å². The van der Waals surface area contributed by atoms with Crippen LogP contribution in [0.5, 0.6) is 5.75 Å². The monoisotopic (exact) mass is 297 g/mol. The number of rotatable bonds is 3. The first-order chi connectivity index (χ1) is 9.36. The maximum absolute atomic E-state index is 12.8. The van der Waals surface area contributed by atoms with Crippen molar-refractivity contribution in [3.63, 3.8) is 0 Å². The Morgan fingerprint density at radius 1 is 1.25 bits per heavy atom. The molecule has 0 bridgehead atoms. The summed E-state index contributed by atoms with van der Waals surface area (Å²) in [6.45, 7) is 7.04. The van der Waals surface area contributed by atoms with Crippen LogP contribution >= 0.6 is 0 Å². The molecule has 0 amide bonds. The second-order valence-electron chi connectivity index (χ2n) is 5.70. The van der Waals surface area contributed by atoms with Crippen LogP contribution in [0.2, 0.25) is 0 Å². The molecular formula is C15H23NO3S. The molecule has 4 nitrogen and oxygen atoms in total. The molecule has 1 aliphatic rings. The summed E-state index contributed by atoms with van der Waals surface area (Å²) in [4.78, 5) is 0.407. The third kappa shape index (κ3) is 2.83. The number of methoxy groups -OCH3 is 1. The number of piperidine rings is 1. The maximum atomic E-state index is 12.8. The summed E-state index contributed by atoms with van der Waals surface area (Å²) in [7, 11) is -1.80. The van der Waals surface area contributed by atoms with E-state index >= 15 is 0 Å². The highest BCUT2D eigenvalue weighted by molar-refractivity contribution is 7.89. The molecule has 0 N–H and O–H groups in total. The van der Waals surface area contributed by atoms with Crippen LogP contribution < -0.4 is 4.74 Å². The third-order valence-electron chi connectivity index (χ3n) is 3.93. The minimum absolute atomic E-state index is 0.407. The van der Waals surface area contributed by atoms with Gasteiger partial charge in [0.2, 0.25) is 10.0 Å². The number of benzene rings is 1. The molecule has 1 aromatic carbocycles. The van der Waals surface area contributed by atoms with E-state index in [2.05, 4.69) is 6.92 Å². The molecule has 2 rings (SSSR count). The molecule has 112 valence electrons. The molecule has 20 heavy (non-hydrogen) atoms. The van der Waals surface area contributed by atoms with Gasteiger partial charge in [-0.2, -0.15) is 4.31 Å². The van der Waals surface area contributed by atoms with E-state index in [1.165, 1.54) is 0 Å². The van der Waals surface area contributed by atoms with Gasteiger partial charge in [-0.3, -0.25) is 0 Å². The zero-order valence-electron chi connectivity index (χ0n) is 12.6. The van der Waals surface area contributed by atoms with Crippen LogP contribution in [0, 0.1) is 19.8 Å². The van der Waals surface area contributed by atoms with E-state index < -0.39 is 10.0 Å². The molecule has 1 aromatic rings. The van der Waals surface area contributed by atoms with Crippen molar-refractivity contribution in [2.24, 2.45) is 5.92 Å². The third-order valence-corrected chi connectivity index (χ3v) is 5.94. The molecular weight excluding hydrogens is 274 g/mol. The highest BCUT2D eigenvalue weighted by Crippen LogP contribution is 2.29. The van der Waals surface area contributed by atoms with Gasteiger partial charge in [-0.15, -0.1) is 0 Å². The lowest BCUT2D eigenvalue weighted by Gasteiger charge is -2.30. The predicted molar refractivity (Wildman–Crippen MR) is 79.6 cm³/mol. The average molecular weight is 297 g/mol. The predicted octanol–water partition coefficient (Wildman–Crippen LogP) is 2.73. The van der Waals surface area contributed by atoms with Gasteiger partial charge in [-0.05, 0) is 55.9 Å². The highest BCUT2D eigenvalue weighted by Gasteiger charge is 2.30. The Labute approximate surface area is 121 Å². The lowest BCUT2D eigenvalue weighted by Crippen LogP contribution is -2.39. The van der Waals surface area contributed by atoms with Crippen LogP contribution in [0.15, 0.2) is 17.0 Å². The molecule has 0 saturated carbocycles. The summed E-state index contributed by atoms with van der Waals surface area (Å²) in [6.07, 6.45) is 2.04. The van der Waals surface area contributed by atoms with Crippen LogP contribution in [0.25, 0.3) is 0 Å². The van der Waals surface area contributed by atoms with Gasteiger partial charge in [0.05, 0.1) is 12.0 Å². The fraction of sp³-hybridized carbons (Fsp3) is 0.600. The fourth-order valence-corrected chi connectivity index (χ4v) is 4.65. The van der Waals surface area contributed by atoms with Crippen molar-refractivity contribution >= 4 is 10.0 Å². The largest absolute Gasteiger partial charge is 0.496 e. The summed E-state index contributed by atoms with van der Waals surface area (Å²) in [5.74, 6) is 1.16. The van der Waals surface area contributed by atoms with Gasteiger partial charge in [-0.1, -0.05) is 6.92 Å². The molecule has 5 heteroatoms. The van der Waals surface area contributed by atoms with Gasteiger partial charge in [0, 0.05) is 13.1 Å². The number of aryl methyl sites for hydroxylation is 2. The van der Waals surface area contributed by atoms with Crippen molar-refractivity contribution in [2.75, 3.05) is 20.2 Å². The Kier molecular flexibility index (Phi) is 4.39. The lowest BCUT2D eigenvalue weighted by molar-refractivity contribution is 0.281. The molecule has 0 unspecified atom stereocenters. The topological polar surface area (TPSA) is 46.6 Å². The first-order valence-electron chi connectivity index (χ1n) is 7.01. The van der Waals surface area contributed by atoms with Gasteiger partial charge < -0.3 is 4.74 Å². The summed E-state index contributed by atoms with van der Waals surface area (Å²) in [6, 6.07) is 3.53. The van der Waals surface area contributed by atoms with Crippen molar-refractivity contribution in [2.45, 2.75) is 38.5 Å². The van der Waals surface area contributed by atoms with Crippen LogP contribution in [-0.4, -0.2) is 32.9 Å². The van der Waals surface area contributed by atoms with E-state index in [0.717, 1.165) is 29.7 Å². The Morgan fingerprint density at radius 2 is 1.95 bits per heavy atom. The molecule has 0 aliphatic carbocycles. The Balaban J connectivity index is 2.41. The van der Waals surface area contributed by atoms with E-state index in [-0.39, 0.29) is 0 Å². The molecule has 1 aliphatic heterocycles. The number of ether oxygens (including phenoxy) is 1. The van der Waals surface area contributed by atoms with E-state index in [0.29, 0.717) is 23.9 Å². The number of hydrogen-bond donors (Lipinski definition) is 0. The van der Waals surface area contributed by atoms with E-state index in [9.17, 15) is 8.42 Å². The molecule has 0 aromatic heterocycles. The first-order valence-corrected chi connectivity index (χ1v) is 8.45. The molecule has 1 atom stereocenters. The normalized spacial score (nSPS) is 20.9. The summed E-state index contributed by atoms with van der Waals surface area (Å²) in [5.41, 5.74) is 1.59. The van der Waals surface area contributed by atoms with Crippen LogP contribution in [0.3, 0.4) is 0 Å². The molecule has 1 saturated heterocycles. The smallest absolute Gasteiger partial charge is 0.243 e. The Morgan fingerprint density at radius 3 is 2.55 bits per heavy atom. The standard InChI is InChI=1S/C15H23NO3S/c1-11-6-5-7-16(10-11)20(17,18)15-9-12(2)14(19-4)8-13(15)3/h8-9,11H,5-7,10H2,1-4H3/t11-/m0/s1. The minimum atomic E-state index is -3.40. The molecule has 1 heterocycles. The van der Waals surface area contributed by atoms with Crippen molar-refractivity contribution < 1.29 is 13.2 Å². The second-order valence-corrected chi connectivity index (χ2v) is 7.60. The SMILES string of the molecule is COc1cc(C)c(S(=O)(=O)N2CCC[C@H](C)C2)cc1C. The van der Waals surface area contributed by atoms with Crippen LogP contribution in [-0.2, 0) is 10.0 Å². The lowest BCUT2D eigenvalue weighted by atomic mass is 10.0. The van der Waals surface area contributed by atoms with Crippen molar-refractivity contribution in [1.82, 2.24) is 4.31 Å². The maximum Gasteiger partial charge on any atom is 0.243 e. The molecule has 0 spiro atoms. The zero-order chi connectivity index (χ0) is 14.9. The van der Waals surface area contributed by atoms with E-state index in [4.69, 9.17) is 4.74 Å².